The molecule has 1 aromatic carbocycles. The van der Waals surface area contributed by atoms with Gasteiger partial charge in [-0.1, -0.05) is 18.2 Å². The van der Waals surface area contributed by atoms with E-state index in [1.54, 1.807) is 13.8 Å². The van der Waals surface area contributed by atoms with Crippen LogP contribution in [0.3, 0.4) is 0 Å². The van der Waals surface area contributed by atoms with Gasteiger partial charge in [0.05, 0.1) is 13.2 Å². The molecule has 20 heavy (non-hydrogen) atoms. The van der Waals surface area contributed by atoms with Crippen molar-refractivity contribution in [1.29, 1.82) is 0 Å². The molecule has 1 aromatic rings. The maximum Gasteiger partial charge on any atom is 0.320 e. The van der Waals surface area contributed by atoms with Crippen molar-refractivity contribution < 1.29 is 19.1 Å². The monoisotopic (exact) mass is 278 g/mol. The number of benzene rings is 1. The number of esters is 2. The summed E-state index contributed by atoms with van der Waals surface area (Å²) < 4.78 is 9.97. The third kappa shape index (κ3) is 4.08. The van der Waals surface area contributed by atoms with Gasteiger partial charge in [-0.15, -0.1) is 0 Å². The fourth-order valence-electron chi connectivity index (χ4n) is 2.12. The molecule has 4 heteroatoms. The Hall–Kier alpha value is -1.84. The van der Waals surface area contributed by atoms with Gasteiger partial charge in [-0.05, 0) is 50.8 Å². The van der Waals surface area contributed by atoms with E-state index in [9.17, 15) is 9.59 Å². The Morgan fingerprint density at radius 3 is 1.85 bits per heavy atom. The molecule has 0 bridgehead atoms. The highest BCUT2D eigenvalue weighted by Crippen LogP contribution is 2.20. The van der Waals surface area contributed by atoms with Crippen LogP contribution in [0.25, 0.3) is 0 Å². The third-order valence-corrected chi connectivity index (χ3v) is 3.19. The second-order valence-corrected chi connectivity index (χ2v) is 4.63. The normalized spacial score (nSPS) is 10.4. The van der Waals surface area contributed by atoms with Crippen LogP contribution in [-0.4, -0.2) is 25.2 Å². The van der Waals surface area contributed by atoms with Crippen molar-refractivity contribution in [2.75, 3.05) is 13.2 Å². The van der Waals surface area contributed by atoms with E-state index >= 15 is 0 Å². The highest BCUT2D eigenvalue weighted by molar-refractivity contribution is 5.95. The molecule has 0 heterocycles. The maximum atomic E-state index is 12.0. The molecule has 0 radical (unpaired) electrons. The van der Waals surface area contributed by atoms with E-state index in [0.29, 0.717) is 6.42 Å². The minimum atomic E-state index is -0.894. The quantitative estimate of drug-likeness (QED) is 0.593. The number of ether oxygens (including phenoxy) is 2. The SMILES string of the molecule is CCOC(=O)C(Cc1c(C)cccc1C)C(=O)OCC. The van der Waals surface area contributed by atoms with E-state index in [-0.39, 0.29) is 13.2 Å². The van der Waals surface area contributed by atoms with Gasteiger partial charge in [0.25, 0.3) is 0 Å². The molecule has 1 rings (SSSR count). The molecule has 0 aliphatic carbocycles. The first kappa shape index (κ1) is 16.2. The smallest absolute Gasteiger partial charge is 0.320 e. The lowest BCUT2D eigenvalue weighted by molar-refractivity contribution is -0.161. The summed E-state index contributed by atoms with van der Waals surface area (Å²) in [5, 5.41) is 0. The first-order chi connectivity index (χ1) is 9.51. The number of hydrogen-bond acceptors (Lipinski definition) is 4. The Bertz CT molecular complexity index is 441. The van der Waals surface area contributed by atoms with E-state index in [1.165, 1.54) is 0 Å². The van der Waals surface area contributed by atoms with E-state index in [1.807, 2.05) is 32.0 Å². The summed E-state index contributed by atoms with van der Waals surface area (Å²) in [5.41, 5.74) is 3.12. The number of hydrogen-bond donors (Lipinski definition) is 0. The summed E-state index contributed by atoms with van der Waals surface area (Å²) in [4.78, 5) is 23.9. The lowest BCUT2D eigenvalue weighted by atomic mass is 9.92. The summed E-state index contributed by atoms with van der Waals surface area (Å²) in [7, 11) is 0. The molecule has 4 nitrogen and oxygen atoms in total. The molecule has 0 aliphatic heterocycles. The van der Waals surface area contributed by atoms with E-state index in [4.69, 9.17) is 9.47 Å². The van der Waals surface area contributed by atoms with Gasteiger partial charge in [-0.3, -0.25) is 9.59 Å². The lowest BCUT2D eigenvalue weighted by Crippen LogP contribution is -2.30. The van der Waals surface area contributed by atoms with Crippen molar-refractivity contribution >= 4 is 11.9 Å². The third-order valence-electron chi connectivity index (χ3n) is 3.19. The van der Waals surface area contributed by atoms with Gasteiger partial charge in [0.15, 0.2) is 5.92 Å². The van der Waals surface area contributed by atoms with Gasteiger partial charge in [0.1, 0.15) is 0 Å². The van der Waals surface area contributed by atoms with Gasteiger partial charge in [-0.2, -0.15) is 0 Å². The predicted molar refractivity (Wildman–Crippen MR) is 76.4 cm³/mol. The molecule has 0 fully saturated rings. The maximum absolute atomic E-state index is 12.0. The number of aryl methyl sites for hydroxylation is 2. The van der Waals surface area contributed by atoms with Crippen molar-refractivity contribution in [2.24, 2.45) is 5.92 Å². The molecule has 0 amide bonds. The molecular formula is C16H22O4. The largest absolute Gasteiger partial charge is 0.465 e. The van der Waals surface area contributed by atoms with Crippen LogP contribution in [-0.2, 0) is 25.5 Å². The van der Waals surface area contributed by atoms with Crippen LogP contribution in [0.1, 0.15) is 30.5 Å². The zero-order valence-electron chi connectivity index (χ0n) is 12.6. The van der Waals surface area contributed by atoms with Crippen molar-refractivity contribution in [3.8, 4) is 0 Å². The van der Waals surface area contributed by atoms with Crippen molar-refractivity contribution in [3.63, 3.8) is 0 Å². The molecule has 0 saturated carbocycles. The highest BCUT2D eigenvalue weighted by atomic mass is 16.6. The number of carbonyl (C=O) groups excluding carboxylic acids is 2. The summed E-state index contributed by atoms with van der Waals surface area (Å²) in [6, 6.07) is 5.89. The standard InChI is InChI=1S/C16H22O4/c1-5-19-15(17)14(16(18)20-6-2)10-13-11(3)8-7-9-12(13)4/h7-9,14H,5-6,10H2,1-4H3. The molecule has 0 N–H and O–H groups in total. The fraction of sp³-hybridized carbons (Fsp3) is 0.500. The van der Waals surface area contributed by atoms with Crippen LogP contribution in [0.5, 0.6) is 0 Å². The van der Waals surface area contributed by atoms with E-state index in [0.717, 1.165) is 16.7 Å². The predicted octanol–water partition coefficient (Wildman–Crippen LogP) is 2.59. The Morgan fingerprint density at radius 1 is 1.00 bits per heavy atom. The van der Waals surface area contributed by atoms with Crippen molar-refractivity contribution in [3.05, 3.63) is 34.9 Å². The molecule has 0 unspecified atom stereocenters. The van der Waals surface area contributed by atoms with Gasteiger partial charge < -0.3 is 9.47 Å². The zero-order valence-corrected chi connectivity index (χ0v) is 12.6. The molecule has 0 aliphatic rings. The minimum Gasteiger partial charge on any atom is -0.465 e. The molecule has 0 aromatic heterocycles. The topological polar surface area (TPSA) is 52.6 Å². The second-order valence-electron chi connectivity index (χ2n) is 4.63. The minimum absolute atomic E-state index is 0.251. The lowest BCUT2D eigenvalue weighted by Gasteiger charge is -2.17. The van der Waals surface area contributed by atoms with Gasteiger partial charge in [0.2, 0.25) is 0 Å². The average molecular weight is 278 g/mol. The first-order valence-electron chi connectivity index (χ1n) is 6.89. The summed E-state index contributed by atoms with van der Waals surface area (Å²) in [6.45, 7) is 7.88. The van der Waals surface area contributed by atoms with Gasteiger partial charge >= 0.3 is 11.9 Å². The highest BCUT2D eigenvalue weighted by Gasteiger charge is 2.30. The average Bonchev–Trinajstić information content (AvgIpc) is 2.38. The Labute approximate surface area is 120 Å². The van der Waals surface area contributed by atoms with Crippen LogP contribution in [0.2, 0.25) is 0 Å². The molecule has 0 atom stereocenters. The number of rotatable bonds is 6. The van der Waals surface area contributed by atoms with Crippen LogP contribution in [0.15, 0.2) is 18.2 Å². The van der Waals surface area contributed by atoms with E-state index < -0.39 is 17.9 Å². The summed E-state index contributed by atoms with van der Waals surface area (Å²) in [5.74, 6) is -1.93. The zero-order chi connectivity index (χ0) is 15.1. The van der Waals surface area contributed by atoms with E-state index in [2.05, 4.69) is 0 Å². The number of carbonyl (C=O) groups is 2. The van der Waals surface area contributed by atoms with Crippen LogP contribution < -0.4 is 0 Å². The Balaban J connectivity index is 3.00. The Kier molecular flexibility index (Phi) is 6.22. The molecule has 110 valence electrons. The Morgan fingerprint density at radius 2 is 1.45 bits per heavy atom. The summed E-state index contributed by atoms with van der Waals surface area (Å²) in [6.07, 6.45) is 0.316. The first-order valence-corrected chi connectivity index (χ1v) is 6.89. The van der Waals surface area contributed by atoms with Crippen molar-refractivity contribution in [1.82, 2.24) is 0 Å². The van der Waals surface area contributed by atoms with Gasteiger partial charge in [-0.25, -0.2) is 0 Å². The molecule has 0 saturated heterocycles. The van der Waals surface area contributed by atoms with Crippen LogP contribution in [0.4, 0.5) is 0 Å². The van der Waals surface area contributed by atoms with Gasteiger partial charge in [0, 0.05) is 0 Å². The second kappa shape index (κ2) is 7.68. The van der Waals surface area contributed by atoms with Crippen LogP contribution in [0, 0.1) is 19.8 Å². The summed E-state index contributed by atoms with van der Waals surface area (Å²) >= 11 is 0. The molecular weight excluding hydrogens is 256 g/mol. The molecule has 0 spiro atoms. The van der Waals surface area contributed by atoms with Crippen LogP contribution >= 0.6 is 0 Å². The fourth-order valence-corrected chi connectivity index (χ4v) is 2.12. The van der Waals surface area contributed by atoms with Crippen molar-refractivity contribution in [2.45, 2.75) is 34.1 Å².